The summed E-state index contributed by atoms with van der Waals surface area (Å²) in [5.74, 6) is -0.433. The maximum absolute atomic E-state index is 12.0. The van der Waals surface area contributed by atoms with E-state index in [-0.39, 0.29) is 0 Å². The van der Waals surface area contributed by atoms with Gasteiger partial charge in [-0.3, -0.25) is 0 Å². The Bertz CT molecular complexity index is 667. The van der Waals surface area contributed by atoms with Crippen LogP contribution in [0.1, 0.15) is 31.1 Å². The van der Waals surface area contributed by atoms with Crippen molar-refractivity contribution in [2.75, 3.05) is 7.11 Å². The van der Waals surface area contributed by atoms with Gasteiger partial charge in [0.25, 0.3) is 0 Å². The van der Waals surface area contributed by atoms with Gasteiger partial charge in [0.2, 0.25) is 0 Å². The van der Waals surface area contributed by atoms with Crippen molar-refractivity contribution in [1.29, 1.82) is 0 Å². The number of hydrogen-bond acceptors (Lipinski definition) is 5. The van der Waals surface area contributed by atoms with Crippen molar-refractivity contribution < 1.29 is 19.1 Å². The average molecular weight is 276 g/mol. The SMILES string of the molecule is COC(=O)c1ccc2c(cnn2C(=O)OC(C)(C)C)c1. The number of hydrogen-bond donors (Lipinski definition) is 0. The Morgan fingerprint density at radius 1 is 1.25 bits per heavy atom. The fraction of sp³-hybridized carbons (Fsp3) is 0.357. The van der Waals surface area contributed by atoms with E-state index in [9.17, 15) is 9.59 Å². The van der Waals surface area contributed by atoms with E-state index in [1.165, 1.54) is 18.0 Å². The van der Waals surface area contributed by atoms with E-state index < -0.39 is 17.7 Å². The molecule has 0 bridgehead atoms. The van der Waals surface area contributed by atoms with Crippen LogP contribution in [-0.4, -0.2) is 34.6 Å². The highest BCUT2D eigenvalue weighted by Gasteiger charge is 2.20. The zero-order valence-electron chi connectivity index (χ0n) is 11.8. The summed E-state index contributed by atoms with van der Waals surface area (Å²) in [5, 5.41) is 4.66. The second-order valence-corrected chi connectivity index (χ2v) is 5.30. The van der Waals surface area contributed by atoms with Crippen molar-refractivity contribution in [3.05, 3.63) is 30.0 Å². The molecule has 0 aliphatic rings. The number of esters is 1. The monoisotopic (exact) mass is 276 g/mol. The molecule has 0 saturated heterocycles. The Morgan fingerprint density at radius 3 is 2.55 bits per heavy atom. The Labute approximate surface area is 116 Å². The zero-order valence-corrected chi connectivity index (χ0v) is 11.8. The second-order valence-electron chi connectivity index (χ2n) is 5.30. The number of carbonyl (C=O) groups excluding carboxylic acids is 2. The van der Waals surface area contributed by atoms with Crippen LogP contribution in [0.3, 0.4) is 0 Å². The summed E-state index contributed by atoms with van der Waals surface area (Å²) in [6, 6.07) is 4.84. The van der Waals surface area contributed by atoms with Gasteiger partial charge in [0, 0.05) is 5.39 Å². The lowest BCUT2D eigenvalue weighted by atomic mass is 10.1. The Hall–Kier alpha value is -2.37. The van der Waals surface area contributed by atoms with E-state index in [4.69, 9.17) is 4.74 Å². The summed E-state index contributed by atoms with van der Waals surface area (Å²) in [6.07, 6.45) is 0.949. The molecule has 0 atom stereocenters. The third-order valence-corrected chi connectivity index (χ3v) is 2.56. The number of ether oxygens (including phenoxy) is 2. The molecule has 0 unspecified atom stereocenters. The van der Waals surface area contributed by atoms with Crippen LogP contribution in [-0.2, 0) is 9.47 Å². The van der Waals surface area contributed by atoms with Gasteiger partial charge in [-0.15, -0.1) is 0 Å². The van der Waals surface area contributed by atoms with Gasteiger partial charge in [0.15, 0.2) is 0 Å². The Morgan fingerprint density at radius 2 is 1.95 bits per heavy atom. The van der Waals surface area contributed by atoms with Gasteiger partial charge in [0.1, 0.15) is 5.60 Å². The smallest absolute Gasteiger partial charge is 0.435 e. The van der Waals surface area contributed by atoms with Crippen molar-refractivity contribution in [1.82, 2.24) is 9.78 Å². The summed E-state index contributed by atoms with van der Waals surface area (Å²) < 4.78 is 11.1. The first kappa shape index (κ1) is 14.0. The number of fused-ring (bicyclic) bond motifs is 1. The maximum atomic E-state index is 12.0. The number of aromatic nitrogens is 2. The predicted molar refractivity (Wildman–Crippen MR) is 72.7 cm³/mol. The lowest BCUT2D eigenvalue weighted by Gasteiger charge is -2.19. The minimum atomic E-state index is -0.596. The number of rotatable bonds is 1. The lowest BCUT2D eigenvalue weighted by Crippen LogP contribution is -2.27. The van der Waals surface area contributed by atoms with Crippen LogP contribution in [0, 0.1) is 0 Å². The first-order chi connectivity index (χ1) is 9.31. The van der Waals surface area contributed by atoms with Crippen LogP contribution in [0.2, 0.25) is 0 Å². The lowest BCUT2D eigenvalue weighted by molar-refractivity contribution is 0.0522. The highest BCUT2D eigenvalue weighted by molar-refractivity contribution is 5.96. The Kier molecular flexibility index (Phi) is 3.48. The molecule has 0 spiro atoms. The topological polar surface area (TPSA) is 70.4 Å². The fourth-order valence-corrected chi connectivity index (χ4v) is 1.73. The summed E-state index contributed by atoms with van der Waals surface area (Å²) in [7, 11) is 1.32. The van der Waals surface area contributed by atoms with E-state index in [1.54, 1.807) is 39.0 Å². The molecular formula is C14H16N2O4. The van der Waals surface area contributed by atoms with E-state index in [0.717, 1.165) is 0 Å². The quantitative estimate of drug-likeness (QED) is 0.749. The molecule has 20 heavy (non-hydrogen) atoms. The molecule has 1 heterocycles. The maximum Gasteiger partial charge on any atom is 0.435 e. The largest absolute Gasteiger partial charge is 0.465 e. The number of carbonyl (C=O) groups is 2. The standard InChI is InChI=1S/C14H16N2O4/c1-14(2,3)20-13(18)16-11-6-5-9(12(17)19-4)7-10(11)8-15-16/h5-8H,1-4H3. The molecule has 2 aromatic rings. The first-order valence-corrected chi connectivity index (χ1v) is 6.11. The third kappa shape index (κ3) is 2.79. The van der Waals surface area contributed by atoms with Crippen LogP contribution in [0.5, 0.6) is 0 Å². The van der Waals surface area contributed by atoms with E-state index in [1.807, 2.05) is 0 Å². The molecule has 6 heteroatoms. The van der Waals surface area contributed by atoms with Gasteiger partial charge < -0.3 is 9.47 Å². The molecule has 6 nitrogen and oxygen atoms in total. The predicted octanol–water partition coefficient (Wildman–Crippen LogP) is 2.61. The van der Waals surface area contributed by atoms with Gasteiger partial charge in [-0.2, -0.15) is 9.78 Å². The molecule has 0 radical (unpaired) electrons. The van der Waals surface area contributed by atoms with Crippen LogP contribution in [0.25, 0.3) is 10.9 Å². The fourth-order valence-electron chi connectivity index (χ4n) is 1.73. The van der Waals surface area contributed by atoms with Gasteiger partial charge in [-0.1, -0.05) is 0 Å². The minimum absolute atomic E-state index is 0.406. The molecule has 0 fully saturated rings. The molecular weight excluding hydrogens is 260 g/mol. The van der Waals surface area contributed by atoms with Crippen molar-refractivity contribution in [3.8, 4) is 0 Å². The molecule has 0 saturated carbocycles. The van der Waals surface area contributed by atoms with Crippen LogP contribution in [0.15, 0.2) is 24.4 Å². The van der Waals surface area contributed by atoms with E-state index in [2.05, 4.69) is 9.84 Å². The summed E-state index contributed by atoms with van der Waals surface area (Å²) in [4.78, 5) is 23.4. The number of methoxy groups -OCH3 is 1. The van der Waals surface area contributed by atoms with Gasteiger partial charge in [-0.25, -0.2) is 9.59 Å². The molecule has 1 aromatic heterocycles. The van der Waals surface area contributed by atoms with Crippen molar-refractivity contribution >= 4 is 23.0 Å². The number of benzene rings is 1. The van der Waals surface area contributed by atoms with Crippen molar-refractivity contribution in [2.24, 2.45) is 0 Å². The second kappa shape index (κ2) is 4.96. The van der Waals surface area contributed by atoms with Crippen molar-refractivity contribution in [2.45, 2.75) is 26.4 Å². The molecule has 0 aliphatic carbocycles. The van der Waals surface area contributed by atoms with Crippen LogP contribution >= 0.6 is 0 Å². The molecule has 0 amide bonds. The molecule has 1 aromatic carbocycles. The van der Waals surface area contributed by atoms with Gasteiger partial charge in [0.05, 0.1) is 24.4 Å². The highest BCUT2D eigenvalue weighted by Crippen LogP contribution is 2.18. The summed E-state index contributed by atoms with van der Waals surface area (Å²) in [6.45, 7) is 5.35. The first-order valence-electron chi connectivity index (χ1n) is 6.11. The van der Waals surface area contributed by atoms with Crippen LogP contribution in [0.4, 0.5) is 4.79 Å². The summed E-state index contributed by atoms with van der Waals surface area (Å²) >= 11 is 0. The van der Waals surface area contributed by atoms with Crippen LogP contribution < -0.4 is 0 Å². The molecule has 0 aliphatic heterocycles. The van der Waals surface area contributed by atoms with E-state index in [0.29, 0.717) is 16.5 Å². The third-order valence-electron chi connectivity index (χ3n) is 2.56. The van der Waals surface area contributed by atoms with Gasteiger partial charge >= 0.3 is 12.1 Å². The highest BCUT2D eigenvalue weighted by atomic mass is 16.6. The molecule has 106 valence electrons. The van der Waals surface area contributed by atoms with Gasteiger partial charge in [-0.05, 0) is 39.0 Å². The zero-order chi connectivity index (χ0) is 14.9. The Balaban J connectivity index is 2.38. The van der Waals surface area contributed by atoms with E-state index >= 15 is 0 Å². The molecule has 0 N–H and O–H groups in total. The average Bonchev–Trinajstić information content (AvgIpc) is 2.78. The van der Waals surface area contributed by atoms with Crippen molar-refractivity contribution in [3.63, 3.8) is 0 Å². The normalized spacial score (nSPS) is 11.4. The minimum Gasteiger partial charge on any atom is -0.465 e. The molecule has 2 rings (SSSR count). The number of nitrogens with zero attached hydrogens (tertiary/aromatic N) is 2. The summed E-state index contributed by atoms with van der Waals surface area (Å²) in [5.41, 5.74) is 0.386.